The Morgan fingerprint density at radius 2 is 2.00 bits per heavy atom. The van der Waals surface area contributed by atoms with Crippen LogP contribution in [-0.2, 0) is 6.54 Å². The van der Waals surface area contributed by atoms with Crippen LogP contribution in [-0.4, -0.2) is 21.2 Å². The van der Waals surface area contributed by atoms with Gasteiger partial charge in [-0.3, -0.25) is 5.10 Å². The summed E-state index contributed by atoms with van der Waals surface area (Å²) in [6.07, 6.45) is 13.0. The molecule has 17 heavy (non-hydrogen) atoms. The van der Waals surface area contributed by atoms with E-state index >= 15 is 0 Å². The highest BCUT2D eigenvalue weighted by atomic mass is 15.2. The third kappa shape index (κ3) is 2.51. The monoisotopic (exact) mass is 234 g/mol. The summed E-state index contributed by atoms with van der Waals surface area (Å²) in [6.45, 7) is 0.831. The molecule has 4 heteroatoms. The van der Waals surface area contributed by atoms with Gasteiger partial charge < -0.3 is 5.32 Å². The Morgan fingerprint density at radius 3 is 2.65 bits per heavy atom. The second-order valence-corrected chi connectivity index (χ2v) is 5.79. The van der Waals surface area contributed by atoms with E-state index in [0.717, 1.165) is 17.8 Å². The molecule has 4 nitrogen and oxygen atoms in total. The van der Waals surface area contributed by atoms with Crippen LogP contribution in [0.25, 0.3) is 0 Å². The standard InChI is InChI=1S/C13H22N4/c1-2-6-13(5-1)7-3-11(4-8-13)14-9-12-15-10-16-17-12/h10-11,14H,1-9H2,(H,15,16,17). The lowest BCUT2D eigenvalue weighted by Crippen LogP contribution is -2.36. The van der Waals surface area contributed by atoms with E-state index < -0.39 is 0 Å². The van der Waals surface area contributed by atoms with Crippen molar-refractivity contribution < 1.29 is 0 Å². The van der Waals surface area contributed by atoms with Crippen molar-refractivity contribution in [3.05, 3.63) is 12.2 Å². The molecule has 94 valence electrons. The Bertz CT molecular complexity index is 330. The molecule has 0 radical (unpaired) electrons. The second kappa shape index (κ2) is 4.77. The maximum atomic E-state index is 4.14. The number of nitrogens with one attached hydrogen (secondary N) is 2. The minimum absolute atomic E-state index is 0.686. The van der Waals surface area contributed by atoms with E-state index in [9.17, 15) is 0 Å². The molecular formula is C13H22N4. The van der Waals surface area contributed by atoms with Crippen molar-refractivity contribution in [1.82, 2.24) is 20.5 Å². The van der Waals surface area contributed by atoms with Crippen LogP contribution in [0.15, 0.2) is 6.33 Å². The molecule has 0 aliphatic heterocycles. The SMILES string of the molecule is c1n[nH]c(CNC2CCC3(CCCC3)CC2)n1. The van der Waals surface area contributed by atoms with Gasteiger partial charge in [0.05, 0.1) is 6.54 Å². The molecule has 1 aromatic rings. The van der Waals surface area contributed by atoms with Crippen LogP contribution < -0.4 is 5.32 Å². The maximum absolute atomic E-state index is 4.14. The Kier molecular flexibility index (Phi) is 3.14. The van der Waals surface area contributed by atoms with Gasteiger partial charge >= 0.3 is 0 Å². The van der Waals surface area contributed by atoms with Crippen molar-refractivity contribution in [2.75, 3.05) is 0 Å². The summed E-state index contributed by atoms with van der Waals surface area (Å²) in [5.41, 5.74) is 0.740. The number of hydrogen-bond donors (Lipinski definition) is 2. The van der Waals surface area contributed by atoms with Crippen molar-refractivity contribution in [2.45, 2.75) is 64.0 Å². The molecule has 1 aromatic heterocycles. The Balaban J connectivity index is 1.45. The van der Waals surface area contributed by atoms with Crippen LogP contribution in [0.1, 0.15) is 57.2 Å². The van der Waals surface area contributed by atoms with E-state index in [0.29, 0.717) is 6.04 Å². The van der Waals surface area contributed by atoms with Crippen LogP contribution >= 0.6 is 0 Å². The third-order valence-electron chi connectivity index (χ3n) is 4.73. The van der Waals surface area contributed by atoms with E-state index in [1.807, 2.05) is 0 Å². The van der Waals surface area contributed by atoms with Crippen molar-refractivity contribution in [2.24, 2.45) is 5.41 Å². The molecule has 3 rings (SSSR count). The molecule has 2 fully saturated rings. The minimum Gasteiger partial charge on any atom is -0.307 e. The van der Waals surface area contributed by atoms with Gasteiger partial charge in [-0.25, -0.2) is 4.98 Å². The quantitative estimate of drug-likeness (QED) is 0.844. The average molecular weight is 234 g/mol. The Hall–Kier alpha value is -0.900. The van der Waals surface area contributed by atoms with Crippen LogP contribution in [0.4, 0.5) is 0 Å². The molecule has 0 unspecified atom stereocenters. The normalized spacial score (nSPS) is 24.5. The zero-order valence-corrected chi connectivity index (χ0v) is 10.4. The van der Waals surface area contributed by atoms with Crippen molar-refractivity contribution in [3.8, 4) is 0 Å². The maximum Gasteiger partial charge on any atom is 0.138 e. The summed E-state index contributed by atoms with van der Waals surface area (Å²) in [5.74, 6) is 0.950. The average Bonchev–Trinajstić information content (AvgIpc) is 3.01. The van der Waals surface area contributed by atoms with E-state index in [-0.39, 0.29) is 0 Å². The van der Waals surface area contributed by atoms with Gasteiger partial charge in [-0.05, 0) is 43.9 Å². The number of rotatable bonds is 3. The predicted octanol–water partition coefficient (Wildman–Crippen LogP) is 2.40. The summed E-state index contributed by atoms with van der Waals surface area (Å²) in [5, 5.41) is 10.4. The van der Waals surface area contributed by atoms with Gasteiger partial charge in [0, 0.05) is 6.04 Å². The number of aromatic amines is 1. The smallest absolute Gasteiger partial charge is 0.138 e. The van der Waals surface area contributed by atoms with Gasteiger partial charge in [-0.15, -0.1) is 0 Å². The largest absolute Gasteiger partial charge is 0.307 e. The molecule has 0 bridgehead atoms. The van der Waals surface area contributed by atoms with Crippen LogP contribution in [0.2, 0.25) is 0 Å². The van der Waals surface area contributed by atoms with E-state index in [1.54, 1.807) is 6.33 Å². The molecule has 2 aliphatic rings. The number of hydrogen-bond acceptors (Lipinski definition) is 3. The highest BCUT2D eigenvalue weighted by Crippen LogP contribution is 2.48. The Labute approximate surface area is 103 Å². The van der Waals surface area contributed by atoms with Gasteiger partial charge in [-0.1, -0.05) is 12.8 Å². The molecule has 1 heterocycles. The fourth-order valence-electron chi connectivity index (χ4n) is 3.62. The lowest BCUT2D eigenvalue weighted by molar-refractivity contribution is 0.167. The molecule has 0 amide bonds. The van der Waals surface area contributed by atoms with Crippen molar-refractivity contribution in [1.29, 1.82) is 0 Å². The molecule has 0 atom stereocenters. The molecule has 0 saturated heterocycles. The molecule has 2 aliphatic carbocycles. The van der Waals surface area contributed by atoms with Gasteiger partial charge in [0.25, 0.3) is 0 Å². The van der Waals surface area contributed by atoms with Gasteiger partial charge in [-0.2, -0.15) is 5.10 Å². The first-order valence-electron chi connectivity index (χ1n) is 6.94. The Morgan fingerprint density at radius 1 is 1.24 bits per heavy atom. The first kappa shape index (κ1) is 11.2. The number of nitrogens with zero attached hydrogens (tertiary/aromatic N) is 2. The lowest BCUT2D eigenvalue weighted by atomic mass is 9.71. The molecule has 1 spiro atoms. The van der Waals surface area contributed by atoms with Gasteiger partial charge in [0.1, 0.15) is 12.2 Å². The summed E-state index contributed by atoms with van der Waals surface area (Å²) in [7, 11) is 0. The third-order valence-corrected chi connectivity index (χ3v) is 4.73. The fourth-order valence-corrected chi connectivity index (χ4v) is 3.62. The summed E-state index contributed by atoms with van der Waals surface area (Å²) >= 11 is 0. The molecule has 2 N–H and O–H groups in total. The first-order valence-corrected chi connectivity index (χ1v) is 6.94. The summed E-state index contributed by atoms with van der Waals surface area (Å²) in [4.78, 5) is 4.14. The molecule has 0 aromatic carbocycles. The van der Waals surface area contributed by atoms with E-state index in [1.165, 1.54) is 51.4 Å². The zero-order chi connectivity index (χ0) is 11.6. The van der Waals surface area contributed by atoms with Crippen LogP contribution in [0.5, 0.6) is 0 Å². The van der Waals surface area contributed by atoms with E-state index in [4.69, 9.17) is 0 Å². The fraction of sp³-hybridized carbons (Fsp3) is 0.846. The second-order valence-electron chi connectivity index (χ2n) is 5.79. The van der Waals surface area contributed by atoms with E-state index in [2.05, 4.69) is 20.5 Å². The summed E-state index contributed by atoms with van der Waals surface area (Å²) in [6, 6.07) is 0.686. The minimum atomic E-state index is 0.686. The predicted molar refractivity (Wildman–Crippen MR) is 66.4 cm³/mol. The number of H-pyrrole nitrogens is 1. The van der Waals surface area contributed by atoms with Crippen LogP contribution in [0.3, 0.4) is 0 Å². The lowest BCUT2D eigenvalue weighted by Gasteiger charge is -2.37. The van der Waals surface area contributed by atoms with Crippen molar-refractivity contribution >= 4 is 0 Å². The highest BCUT2D eigenvalue weighted by Gasteiger charge is 2.37. The number of aromatic nitrogens is 3. The van der Waals surface area contributed by atoms with Crippen LogP contribution in [0, 0.1) is 5.41 Å². The highest BCUT2D eigenvalue weighted by molar-refractivity contribution is 4.92. The van der Waals surface area contributed by atoms with Gasteiger partial charge in [0.2, 0.25) is 0 Å². The zero-order valence-electron chi connectivity index (χ0n) is 10.4. The van der Waals surface area contributed by atoms with Gasteiger partial charge in [0.15, 0.2) is 0 Å². The summed E-state index contributed by atoms with van der Waals surface area (Å²) < 4.78 is 0. The topological polar surface area (TPSA) is 53.6 Å². The molecule has 2 saturated carbocycles. The first-order chi connectivity index (χ1) is 8.36. The van der Waals surface area contributed by atoms with Crippen molar-refractivity contribution in [3.63, 3.8) is 0 Å². The molecular weight excluding hydrogens is 212 g/mol.